The van der Waals surface area contributed by atoms with Crippen molar-refractivity contribution in [2.24, 2.45) is 5.92 Å². The maximum absolute atomic E-state index is 12.8. The largest absolute Gasteiger partial charge is 0.341 e. The van der Waals surface area contributed by atoms with Crippen molar-refractivity contribution in [3.63, 3.8) is 0 Å². The second-order valence-electron chi connectivity index (χ2n) is 6.89. The van der Waals surface area contributed by atoms with Gasteiger partial charge in [-0.3, -0.25) is 9.59 Å². The molecule has 2 aromatic rings. The van der Waals surface area contributed by atoms with Gasteiger partial charge in [-0.15, -0.1) is 0 Å². The van der Waals surface area contributed by atoms with Crippen LogP contribution in [-0.4, -0.2) is 30.3 Å². The van der Waals surface area contributed by atoms with E-state index in [1.165, 1.54) is 5.56 Å². The Morgan fingerprint density at radius 1 is 1.19 bits per heavy atom. The first-order valence-electron chi connectivity index (χ1n) is 8.75. The number of hydrogen-bond donors (Lipinski definition) is 0. The van der Waals surface area contributed by atoms with Gasteiger partial charge in [-0.1, -0.05) is 40.2 Å². The third-order valence-electron chi connectivity index (χ3n) is 5.05. The van der Waals surface area contributed by atoms with Crippen molar-refractivity contribution in [1.29, 1.82) is 0 Å². The molecule has 1 atom stereocenters. The summed E-state index contributed by atoms with van der Waals surface area (Å²) in [6.07, 6.45) is 0.560. The smallest absolute Gasteiger partial charge is 0.239 e. The van der Waals surface area contributed by atoms with Crippen LogP contribution in [0.5, 0.6) is 0 Å². The summed E-state index contributed by atoms with van der Waals surface area (Å²) < 4.78 is 0.967. The summed E-state index contributed by atoms with van der Waals surface area (Å²) in [7, 11) is 1.76. The van der Waals surface area contributed by atoms with Crippen molar-refractivity contribution in [1.82, 2.24) is 4.90 Å². The van der Waals surface area contributed by atoms with E-state index < -0.39 is 5.92 Å². The van der Waals surface area contributed by atoms with Crippen molar-refractivity contribution in [3.05, 3.63) is 63.6 Å². The van der Waals surface area contributed by atoms with Crippen LogP contribution in [0.3, 0.4) is 0 Å². The second-order valence-corrected chi connectivity index (χ2v) is 7.74. The summed E-state index contributed by atoms with van der Waals surface area (Å²) in [6, 6.07) is 13.8. The number of carbonyl (C=O) groups is 2. The predicted octanol–water partition coefficient (Wildman–Crippen LogP) is 4.08. The van der Waals surface area contributed by atoms with E-state index >= 15 is 0 Å². The maximum atomic E-state index is 12.8. The maximum Gasteiger partial charge on any atom is 0.239 e. The number of aryl methyl sites for hydroxylation is 2. The van der Waals surface area contributed by atoms with Crippen LogP contribution >= 0.6 is 15.9 Å². The number of hydrogen-bond acceptors (Lipinski definition) is 2. The van der Waals surface area contributed by atoms with Gasteiger partial charge in [0, 0.05) is 30.3 Å². The van der Waals surface area contributed by atoms with Crippen molar-refractivity contribution in [3.8, 4) is 0 Å². The van der Waals surface area contributed by atoms with E-state index in [0.717, 1.165) is 21.3 Å². The highest BCUT2D eigenvalue weighted by molar-refractivity contribution is 9.10. The molecule has 3 rings (SSSR count). The van der Waals surface area contributed by atoms with Gasteiger partial charge in [0.15, 0.2) is 0 Å². The number of rotatable bonds is 4. The molecule has 26 heavy (non-hydrogen) atoms. The fourth-order valence-corrected chi connectivity index (χ4v) is 3.70. The molecule has 5 heteroatoms. The third kappa shape index (κ3) is 3.68. The fraction of sp³-hybridized carbons (Fsp3) is 0.333. The Morgan fingerprint density at radius 2 is 1.92 bits per heavy atom. The Labute approximate surface area is 162 Å². The zero-order valence-corrected chi connectivity index (χ0v) is 16.9. The lowest BCUT2D eigenvalue weighted by molar-refractivity contribution is -0.139. The Morgan fingerprint density at radius 3 is 2.62 bits per heavy atom. The molecular formula is C21H23BrN2O2. The highest BCUT2D eigenvalue weighted by atomic mass is 79.9. The van der Waals surface area contributed by atoms with E-state index in [1.54, 1.807) is 16.8 Å². The zero-order valence-electron chi connectivity index (χ0n) is 15.3. The predicted molar refractivity (Wildman–Crippen MR) is 107 cm³/mol. The van der Waals surface area contributed by atoms with Crippen LogP contribution in [0.15, 0.2) is 46.9 Å². The van der Waals surface area contributed by atoms with Gasteiger partial charge in [0.25, 0.3) is 0 Å². The Balaban J connectivity index is 1.71. The normalized spacial score (nSPS) is 16.8. The molecule has 0 radical (unpaired) electrons. The van der Waals surface area contributed by atoms with Crippen LogP contribution < -0.4 is 4.90 Å². The molecule has 1 saturated heterocycles. The summed E-state index contributed by atoms with van der Waals surface area (Å²) in [6.45, 7) is 5.15. The van der Waals surface area contributed by atoms with Crippen molar-refractivity contribution in [2.75, 3.05) is 18.5 Å². The van der Waals surface area contributed by atoms with E-state index in [2.05, 4.69) is 15.9 Å². The molecule has 1 aliphatic rings. The molecule has 1 heterocycles. The van der Waals surface area contributed by atoms with Gasteiger partial charge in [-0.2, -0.15) is 0 Å². The molecular weight excluding hydrogens is 392 g/mol. The molecule has 136 valence electrons. The summed E-state index contributed by atoms with van der Waals surface area (Å²) >= 11 is 3.51. The minimum Gasteiger partial charge on any atom is -0.341 e. The molecule has 0 N–H and O–H groups in total. The fourth-order valence-electron chi connectivity index (χ4n) is 3.29. The first-order chi connectivity index (χ1) is 12.4. The lowest BCUT2D eigenvalue weighted by Crippen LogP contribution is -2.37. The van der Waals surface area contributed by atoms with Gasteiger partial charge in [-0.25, -0.2) is 0 Å². The van der Waals surface area contributed by atoms with Crippen LogP contribution in [0.2, 0.25) is 0 Å². The molecule has 0 aromatic heterocycles. The molecule has 0 saturated carbocycles. The Bertz CT molecular complexity index is 850. The summed E-state index contributed by atoms with van der Waals surface area (Å²) in [5, 5.41) is 0. The zero-order chi connectivity index (χ0) is 18.8. The first-order valence-corrected chi connectivity index (χ1v) is 9.55. The highest BCUT2D eigenvalue weighted by Gasteiger charge is 2.39. The quantitative estimate of drug-likeness (QED) is 0.707. The average Bonchev–Trinajstić information content (AvgIpc) is 3.00. The Hall–Kier alpha value is -2.14. The van der Waals surface area contributed by atoms with Crippen molar-refractivity contribution >= 4 is 33.4 Å². The van der Waals surface area contributed by atoms with E-state index in [0.29, 0.717) is 19.5 Å². The van der Waals surface area contributed by atoms with Crippen LogP contribution in [0, 0.1) is 19.8 Å². The van der Waals surface area contributed by atoms with E-state index in [-0.39, 0.29) is 11.8 Å². The molecule has 0 aliphatic carbocycles. The van der Waals surface area contributed by atoms with E-state index in [4.69, 9.17) is 0 Å². The number of nitrogens with zero attached hydrogens (tertiary/aromatic N) is 2. The molecule has 2 aromatic carbocycles. The number of halogens is 1. The first kappa shape index (κ1) is 18.6. The Kier molecular flexibility index (Phi) is 5.47. The van der Waals surface area contributed by atoms with Gasteiger partial charge >= 0.3 is 0 Å². The number of carbonyl (C=O) groups excluding carboxylic acids is 2. The number of anilines is 1. The molecule has 4 nitrogen and oxygen atoms in total. The van der Waals surface area contributed by atoms with Crippen LogP contribution in [0.1, 0.15) is 23.1 Å². The third-order valence-corrected chi connectivity index (χ3v) is 5.82. The topological polar surface area (TPSA) is 40.6 Å². The van der Waals surface area contributed by atoms with Gasteiger partial charge in [0.05, 0.1) is 0 Å². The van der Waals surface area contributed by atoms with Gasteiger partial charge in [-0.05, 0) is 55.2 Å². The molecule has 1 fully saturated rings. The van der Waals surface area contributed by atoms with Gasteiger partial charge < -0.3 is 9.80 Å². The highest BCUT2D eigenvalue weighted by Crippen LogP contribution is 2.28. The minimum atomic E-state index is -0.593. The molecule has 2 amide bonds. The average molecular weight is 415 g/mol. The lowest BCUT2D eigenvalue weighted by Gasteiger charge is -2.22. The van der Waals surface area contributed by atoms with E-state index in [1.807, 2.05) is 56.3 Å². The van der Waals surface area contributed by atoms with Crippen LogP contribution in [0.4, 0.5) is 5.69 Å². The minimum absolute atomic E-state index is 0.0998. The molecule has 1 aliphatic heterocycles. The van der Waals surface area contributed by atoms with Crippen molar-refractivity contribution in [2.45, 2.75) is 26.8 Å². The molecule has 0 bridgehead atoms. The SMILES string of the molecule is Cc1ccc(N2CCC(C(=O)N(C)Cc3ccccc3Br)C2=O)cc1C. The van der Waals surface area contributed by atoms with Crippen molar-refractivity contribution < 1.29 is 9.59 Å². The van der Waals surface area contributed by atoms with Gasteiger partial charge in [0.2, 0.25) is 11.8 Å². The summed E-state index contributed by atoms with van der Waals surface area (Å²) in [4.78, 5) is 29.1. The number of amides is 2. The van der Waals surface area contributed by atoms with Gasteiger partial charge in [0.1, 0.15) is 5.92 Å². The van der Waals surface area contributed by atoms with E-state index in [9.17, 15) is 9.59 Å². The summed E-state index contributed by atoms with van der Waals surface area (Å²) in [5.41, 5.74) is 4.25. The standard InChI is InChI=1S/C21H23BrN2O2/c1-14-8-9-17(12-15(14)2)24-11-10-18(21(24)26)20(25)23(3)13-16-6-4-5-7-19(16)22/h4-9,12,18H,10-11,13H2,1-3H3. The van der Waals surface area contributed by atoms with Crippen LogP contribution in [0.25, 0.3) is 0 Å². The van der Waals surface area contributed by atoms with Crippen LogP contribution in [-0.2, 0) is 16.1 Å². The summed E-state index contributed by atoms with van der Waals surface area (Å²) in [5.74, 6) is -0.807. The molecule has 0 spiro atoms. The second kappa shape index (κ2) is 7.62. The lowest BCUT2D eigenvalue weighted by atomic mass is 10.1. The monoisotopic (exact) mass is 414 g/mol. The number of benzene rings is 2. The molecule has 1 unspecified atom stereocenters.